The number of aryl methyl sites for hydroxylation is 1. The number of H-pyrrole nitrogens is 1. The van der Waals surface area contributed by atoms with E-state index < -0.39 is 0 Å². The van der Waals surface area contributed by atoms with Gasteiger partial charge in [-0.3, -0.25) is 0 Å². The molecule has 114 valence electrons. The van der Waals surface area contributed by atoms with Gasteiger partial charge in [0.05, 0.1) is 0 Å². The fraction of sp³-hybridized carbons (Fsp3) is 0.778. The molecular formula is C18H26N2S. The first kappa shape index (κ1) is 13.9. The summed E-state index contributed by atoms with van der Waals surface area (Å²) in [7, 11) is 0. The molecule has 2 nitrogen and oxygen atoms in total. The molecule has 4 saturated carbocycles. The molecule has 0 spiro atoms. The number of hydrogen-bond donors (Lipinski definition) is 1. The molecule has 4 aliphatic carbocycles. The monoisotopic (exact) mass is 302 g/mol. The van der Waals surface area contributed by atoms with Crippen LogP contribution in [0.3, 0.4) is 0 Å². The molecule has 4 fully saturated rings. The number of rotatable bonds is 2. The van der Waals surface area contributed by atoms with Gasteiger partial charge in [-0.05, 0) is 67.8 Å². The molecule has 0 aliphatic heterocycles. The Labute approximate surface area is 132 Å². The lowest BCUT2D eigenvalue weighted by Gasteiger charge is -2.65. The maximum atomic E-state index is 5.43. The van der Waals surface area contributed by atoms with Gasteiger partial charge in [-0.25, -0.2) is 4.98 Å². The number of nitrogens with one attached hydrogen (secondary N) is 1. The molecule has 2 unspecified atom stereocenters. The van der Waals surface area contributed by atoms with E-state index >= 15 is 0 Å². The Hall–Kier alpha value is -0.700. The normalized spacial score (nSPS) is 44.2. The predicted molar refractivity (Wildman–Crippen MR) is 87.9 cm³/mol. The van der Waals surface area contributed by atoms with Crippen molar-refractivity contribution in [2.24, 2.45) is 16.7 Å². The van der Waals surface area contributed by atoms with Crippen molar-refractivity contribution >= 4 is 12.2 Å². The maximum absolute atomic E-state index is 5.43. The molecule has 2 atom stereocenters. The summed E-state index contributed by atoms with van der Waals surface area (Å²) in [5.74, 6) is 2.10. The topological polar surface area (TPSA) is 28.7 Å². The van der Waals surface area contributed by atoms with Crippen molar-refractivity contribution in [1.29, 1.82) is 0 Å². The Morgan fingerprint density at radius 3 is 2.43 bits per heavy atom. The summed E-state index contributed by atoms with van der Waals surface area (Å²) in [4.78, 5) is 8.44. The maximum Gasteiger partial charge on any atom is 0.130 e. The highest BCUT2D eigenvalue weighted by atomic mass is 32.1. The van der Waals surface area contributed by atoms with E-state index in [0.717, 1.165) is 17.0 Å². The Morgan fingerprint density at radius 1 is 1.19 bits per heavy atom. The van der Waals surface area contributed by atoms with E-state index in [2.05, 4.69) is 25.8 Å². The second-order valence-electron chi connectivity index (χ2n) is 8.86. The van der Waals surface area contributed by atoms with Crippen LogP contribution in [0.5, 0.6) is 0 Å². The minimum absolute atomic E-state index is 0.266. The van der Waals surface area contributed by atoms with Crippen LogP contribution in [-0.2, 0) is 11.8 Å². The summed E-state index contributed by atoms with van der Waals surface area (Å²) in [6, 6.07) is 2.03. The van der Waals surface area contributed by atoms with Crippen LogP contribution in [0.15, 0.2) is 6.07 Å². The molecule has 0 amide bonds. The second-order valence-corrected chi connectivity index (χ2v) is 9.28. The number of hydrogen-bond acceptors (Lipinski definition) is 2. The van der Waals surface area contributed by atoms with Gasteiger partial charge in [0, 0.05) is 11.1 Å². The molecule has 1 aromatic heterocycles. The van der Waals surface area contributed by atoms with Gasteiger partial charge in [-0.15, -0.1) is 0 Å². The summed E-state index contributed by atoms with van der Waals surface area (Å²) in [6.45, 7) is 7.22. The third-order valence-corrected chi connectivity index (χ3v) is 6.52. The molecule has 21 heavy (non-hydrogen) atoms. The lowest BCUT2D eigenvalue weighted by Crippen LogP contribution is -2.57. The molecule has 0 radical (unpaired) electrons. The number of nitrogens with zero attached hydrogens (tertiary/aromatic N) is 1. The molecule has 0 aromatic carbocycles. The van der Waals surface area contributed by atoms with Gasteiger partial charge in [0.1, 0.15) is 10.5 Å². The molecule has 4 bridgehead atoms. The summed E-state index contributed by atoms with van der Waals surface area (Å²) >= 11 is 5.43. The fourth-order valence-corrected chi connectivity index (χ4v) is 6.89. The van der Waals surface area contributed by atoms with Gasteiger partial charge in [-0.2, -0.15) is 0 Å². The van der Waals surface area contributed by atoms with Gasteiger partial charge < -0.3 is 4.98 Å². The average Bonchev–Trinajstić information content (AvgIpc) is 2.33. The standard InChI is InChI=1S/C18H26N2S/c1-4-13-5-14(21)20-15(19-13)18-8-12-6-16(2,10-18)9-17(3,7-12)11-18/h5,12H,4,6-11H2,1-3H3,(H,19,20,21). The molecule has 5 rings (SSSR count). The minimum Gasteiger partial charge on any atom is -0.347 e. The summed E-state index contributed by atoms with van der Waals surface area (Å²) in [5, 5.41) is 0. The van der Waals surface area contributed by atoms with E-state index in [1.165, 1.54) is 50.0 Å². The van der Waals surface area contributed by atoms with Crippen LogP contribution >= 0.6 is 12.2 Å². The van der Waals surface area contributed by atoms with Crippen LogP contribution in [0.2, 0.25) is 0 Å². The minimum atomic E-state index is 0.266. The zero-order valence-electron chi connectivity index (χ0n) is 13.5. The Bertz CT molecular complexity index is 629. The van der Waals surface area contributed by atoms with Gasteiger partial charge in [0.25, 0.3) is 0 Å². The summed E-state index contributed by atoms with van der Waals surface area (Å²) in [5.41, 5.74) is 2.55. The zero-order valence-corrected chi connectivity index (χ0v) is 14.3. The number of aromatic nitrogens is 2. The first-order valence-electron chi connectivity index (χ1n) is 8.45. The van der Waals surface area contributed by atoms with Gasteiger partial charge in [0.2, 0.25) is 0 Å². The molecule has 4 aliphatic rings. The van der Waals surface area contributed by atoms with Gasteiger partial charge in [-0.1, -0.05) is 33.0 Å². The lowest BCUT2D eigenvalue weighted by atomic mass is 9.40. The predicted octanol–water partition coefficient (Wildman–Crippen LogP) is 4.95. The van der Waals surface area contributed by atoms with Gasteiger partial charge in [0.15, 0.2) is 0 Å². The van der Waals surface area contributed by atoms with Crippen molar-refractivity contribution in [3.63, 3.8) is 0 Å². The Balaban J connectivity index is 1.84. The van der Waals surface area contributed by atoms with Crippen molar-refractivity contribution in [2.75, 3.05) is 0 Å². The highest BCUT2D eigenvalue weighted by Gasteiger charge is 2.61. The van der Waals surface area contributed by atoms with Crippen molar-refractivity contribution in [3.8, 4) is 0 Å². The number of aromatic amines is 1. The van der Waals surface area contributed by atoms with E-state index in [4.69, 9.17) is 17.2 Å². The Morgan fingerprint density at radius 2 is 1.86 bits per heavy atom. The van der Waals surface area contributed by atoms with Crippen molar-refractivity contribution in [1.82, 2.24) is 9.97 Å². The van der Waals surface area contributed by atoms with Crippen LogP contribution in [0.4, 0.5) is 0 Å². The fourth-order valence-electron chi connectivity index (χ4n) is 6.66. The largest absolute Gasteiger partial charge is 0.347 e. The average molecular weight is 302 g/mol. The SMILES string of the molecule is CCc1cc(=S)nc(C23CC4CC(C)(CC(C)(C4)C2)C3)[nH]1. The van der Waals surface area contributed by atoms with E-state index in [1.807, 2.05) is 6.07 Å². The highest BCUT2D eigenvalue weighted by Crippen LogP contribution is 2.69. The molecule has 0 saturated heterocycles. The van der Waals surface area contributed by atoms with Crippen LogP contribution in [0.1, 0.15) is 70.8 Å². The first-order chi connectivity index (χ1) is 9.84. The van der Waals surface area contributed by atoms with E-state index in [9.17, 15) is 0 Å². The smallest absolute Gasteiger partial charge is 0.130 e. The molecule has 1 heterocycles. The zero-order chi connectivity index (χ0) is 14.9. The molecule has 3 heteroatoms. The second kappa shape index (κ2) is 4.18. The summed E-state index contributed by atoms with van der Waals surface area (Å²) in [6.07, 6.45) is 9.20. The van der Waals surface area contributed by atoms with Gasteiger partial charge >= 0.3 is 0 Å². The third kappa shape index (κ3) is 2.11. The van der Waals surface area contributed by atoms with Crippen molar-refractivity contribution in [2.45, 2.75) is 71.1 Å². The van der Waals surface area contributed by atoms with Crippen LogP contribution in [-0.4, -0.2) is 9.97 Å². The quantitative estimate of drug-likeness (QED) is 0.783. The lowest BCUT2D eigenvalue weighted by molar-refractivity contribution is -0.112. The summed E-state index contributed by atoms with van der Waals surface area (Å²) < 4.78 is 0.770. The van der Waals surface area contributed by atoms with E-state index in [-0.39, 0.29) is 5.41 Å². The molecular weight excluding hydrogens is 276 g/mol. The van der Waals surface area contributed by atoms with Crippen LogP contribution < -0.4 is 0 Å². The van der Waals surface area contributed by atoms with E-state index in [1.54, 1.807) is 0 Å². The first-order valence-corrected chi connectivity index (χ1v) is 8.85. The van der Waals surface area contributed by atoms with Crippen LogP contribution in [0, 0.1) is 21.4 Å². The molecule has 1 N–H and O–H groups in total. The van der Waals surface area contributed by atoms with E-state index in [0.29, 0.717) is 10.8 Å². The highest BCUT2D eigenvalue weighted by molar-refractivity contribution is 7.71. The molecule has 1 aromatic rings. The van der Waals surface area contributed by atoms with Crippen LogP contribution in [0.25, 0.3) is 0 Å². The third-order valence-electron chi connectivity index (χ3n) is 6.31. The Kier molecular flexibility index (Phi) is 2.78. The van der Waals surface area contributed by atoms with Crippen molar-refractivity contribution in [3.05, 3.63) is 22.2 Å². The van der Waals surface area contributed by atoms with Crippen molar-refractivity contribution < 1.29 is 0 Å².